The van der Waals surface area contributed by atoms with E-state index in [0.717, 1.165) is 22.3 Å². The summed E-state index contributed by atoms with van der Waals surface area (Å²) in [5, 5.41) is 14.7. The lowest BCUT2D eigenvalue weighted by molar-refractivity contribution is 1.12. The van der Waals surface area contributed by atoms with Gasteiger partial charge in [-0.05, 0) is 48.6 Å². The second-order valence-corrected chi connectivity index (χ2v) is 4.45. The number of thiocarbonyl (C=S) groups is 1. The van der Waals surface area contributed by atoms with Gasteiger partial charge in [0.25, 0.3) is 0 Å². The molecule has 3 rings (SSSR count). The van der Waals surface area contributed by atoms with Crippen LogP contribution in [0, 0.1) is 6.07 Å². The first-order chi connectivity index (χ1) is 9.31. The van der Waals surface area contributed by atoms with Crippen molar-refractivity contribution < 1.29 is 0 Å². The number of rotatable bonds is 2. The number of anilines is 2. The summed E-state index contributed by atoms with van der Waals surface area (Å²) in [4.78, 5) is 0. The number of hydrogen-bond donors (Lipinski definition) is 3. The molecule has 2 aromatic carbocycles. The highest BCUT2D eigenvalue weighted by molar-refractivity contribution is 7.80. The van der Waals surface area contributed by atoms with E-state index < -0.39 is 0 Å². The lowest BCUT2D eigenvalue weighted by Gasteiger charge is -2.10. The van der Waals surface area contributed by atoms with Gasteiger partial charge in [-0.3, -0.25) is 5.10 Å². The predicted molar refractivity (Wildman–Crippen MR) is 81.2 cm³/mol. The molecule has 0 spiro atoms. The first-order valence-corrected chi connectivity index (χ1v) is 6.19. The Morgan fingerprint density at radius 2 is 1.89 bits per heavy atom. The largest absolute Gasteiger partial charge is 0.332 e. The molecule has 0 aliphatic heterocycles. The summed E-state index contributed by atoms with van der Waals surface area (Å²) >= 11 is 5.26. The Hall–Kier alpha value is -2.40. The third kappa shape index (κ3) is 2.71. The first-order valence-electron chi connectivity index (χ1n) is 5.78. The molecule has 4 nitrogen and oxygen atoms in total. The number of nitrogens with zero attached hydrogens (tertiary/aromatic N) is 1. The van der Waals surface area contributed by atoms with Gasteiger partial charge in [-0.2, -0.15) is 5.10 Å². The van der Waals surface area contributed by atoms with Crippen molar-refractivity contribution in [1.29, 1.82) is 0 Å². The molecule has 5 heteroatoms. The molecule has 93 valence electrons. The van der Waals surface area contributed by atoms with Gasteiger partial charge in [0.05, 0.1) is 11.7 Å². The van der Waals surface area contributed by atoms with Crippen molar-refractivity contribution in [1.82, 2.24) is 10.2 Å². The molecule has 0 bridgehead atoms. The summed E-state index contributed by atoms with van der Waals surface area (Å²) in [5.74, 6) is 0. The molecule has 3 N–H and O–H groups in total. The Bertz CT molecular complexity index is 706. The van der Waals surface area contributed by atoms with Crippen LogP contribution in [0.25, 0.3) is 10.9 Å². The second-order valence-electron chi connectivity index (χ2n) is 4.04. The third-order valence-corrected chi connectivity index (χ3v) is 2.88. The van der Waals surface area contributed by atoms with Gasteiger partial charge in [0.2, 0.25) is 0 Å². The number of H-pyrrole nitrogens is 1. The zero-order valence-corrected chi connectivity index (χ0v) is 10.8. The fourth-order valence-corrected chi connectivity index (χ4v) is 2.02. The monoisotopic (exact) mass is 267 g/mol. The summed E-state index contributed by atoms with van der Waals surface area (Å²) < 4.78 is 0. The standard InChI is InChI=1S/C14H11N4S/c19-14(16-11-4-2-1-3-5-11)17-12-6-7-13-10(8-12)9-15-18-13/h2-9H,(H,15,18)(H2,16,17,19). The second kappa shape index (κ2) is 5.07. The number of benzene rings is 2. The molecule has 19 heavy (non-hydrogen) atoms. The molecule has 0 saturated heterocycles. The maximum absolute atomic E-state index is 5.26. The van der Waals surface area contributed by atoms with Crippen LogP contribution in [-0.2, 0) is 0 Å². The van der Waals surface area contributed by atoms with E-state index in [-0.39, 0.29) is 0 Å². The van der Waals surface area contributed by atoms with Crippen LogP contribution in [0.3, 0.4) is 0 Å². The minimum absolute atomic E-state index is 0.550. The Kier molecular flexibility index (Phi) is 3.12. The fourth-order valence-electron chi connectivity index (χ4n) is 1.78. The Labute approximate surface area is 115 Å². The summed E-state index contributed by atoms with van der Waals surface area (Å²) in [6.45, 7) is 0. The number of nitrogens with one attached hydrogen (secondary N) is 3. The van der Waals surface area contributed by atoms with Gasteiger partial charge in [0.1, 0.15) is 0 Å². The maximum atomic E-state index is 5.26. The minimum Gasteiger partial charge on any atom is -0.332 e. The van der Waals surface area contributed by atoms with Gasteiger partial charge in [-0.15, -0.1) is 0 Å². The van der Waals surface area contributed by atoms with Crippen molar-refractivity contribution in [2.24, 2.45) is 0 Å². The van der Waals surface area contributed by atoms with Gasteiger partial charge in [0.15, 0.2) is 5.11 Å². The van der Waals surface area contributed by atoms with Crippen LogP contribution < -0.4 is 10.6 Å². The van der Waals surface area contributed by atoms with Crippen molar-refractivity contribution >= 4 is 39.6 Å². The van der Waals surface area contributed by atoms with E-state index in [1.165, 1.54) is 0 Å². The van der Waals surface area contributed by atoms with Gasteiger partial charge in [-0.1, -0.05) is 12.1 Å². The lowest BCUT2D eigenvalue weighted by Crippen LogP contribution is -2.18. The van der Waals surface area contributed by atoms with Crippen LogP contribution in [0.15, 0.2) is 48.7 Å². The van der Waals surface area contributed by atoms with Crippen LogP contribution in [0.2, 0.25) is 0 Å². The molecule has 0 atom stereocenters. The van der Waals surface area contributed by atoms with E-state index in [2.05, 4.69) is 26.9 Å². The average Bonchev–Trinajstić information content (AvgIpc) is 2.87. The summed E-state index contributed by atoms with van der Waals surface area (Å²) in [7, 11) is 0. The number of aromatic nitrogens is 2. The summed E-state index contributed by atoms with van der Waals surface area (Å²) in [6, 6.07) is 16.4. The molecule has 1 radical (unpaired) electrons. The SMILES string of the molecule is S=C(Nc1cc[c]cc1)Nc1ccc2[nH]ncc2c1. The number of hydrogen-bond acceptors (Lipinski definition) is 2. The highest BCUT2D eigenvalue weighted by Crippen LogP contribution is 2.17. The van der Waals surface area contributed by atoms with E-state index in [1.54, 1.807) is 6.20 Å². The van der Waals surface area contributed by atoms with Crippen molar-refractivity contribution in [2.45, 2.75) is 0 Å². The summed E-state index contributed by atoms with van der Waals surface area (Å²) in [5.41, 5.74) is 2.86. The van der Waals surface area contributed by atoms with Crippen molar-refractivity contribution in [3.63, 3.8) is 0 Å². The van der Waals surface area contributed by atoms with Crippen molar-refractivity contribution in [3.8, 4) is 0 Å². The van der Waals surface area contributed by atoms with E-state index in [1.807, 2.05) is 42.5 Å². The molecule has 3 aromatic rings. The van der Waals surface area contributed by atoms with Crippen LogP contribution in [0.5, 0.6) is 0 Å². The normalized spacial score (nSPS) is 10.3. The van der Waals surface area contributed by atoms with Gasteiger partial charge < -0.3 is 10.6 Å². The molecular formula is C14H11N4S. The highest BCUT2D eigenvalue weighted by Gasteiger charge is 2.01. The van der Waals surface area contributed by atoms with Crippen LogP contribution in [-0.4, -0.2) is 15.3 Å². The quantitative estimate of drug-likeness (QED) is 0.624. The number of fused-ring (bicyclic) bond motifs is 1. The molecule has 0 saturated carbocycles. The zero-order valence-electron chi connectivity index (χ0n) is 9.97. The molecule has 0 unspecified atom stereocenters. The molecule has 0 fully saturated rings. The van der Waals surface area contributed by atoms with Crippen molar-refractivity contribution in [2.75, 3.05) is 10.6 Å². The van der Waals surface area contributed by atoms with E-state index in [0.29, 0.717) is 5.11 Å². The zero-order chi connectivity index (χ0) is 13.1. The van der Waals surface area contributed by atoms with E-state index in [9.17, 15) is 0 Å². The lowest BCUT2D eigenvalue weighted by atomic mass is 10.2. The molecule has 0 aliphatic rings. The van der Waals surface area contributed by atoms with Gasteiger partial charge in [0, 0.05) is 16.8 Å². The molecule has 0 aliphatic carbocycles. The van der Waals surface area contributed by atoms with Crippen LogP contribution >= 0.6 is 12.2 Å². The van der Waals surface area contributed by atoms with Crippen molar-refractivity contribution in [3.05, 3.63) is 54.7 Å². The van der Waals surface area contributed by atoms with Gasteiger partial charge >= 0.3 is 0 Å². The van der Waals surface area contributed by atoms with Gasteiger partial charge in [-0.25, -0.2) is 0 Å². The Morgan fingerprint density at radius 1 is 1.11 bits per heavy atom. The minimum atomic E-state index is 0.550. The Morgan fingerprint density at radius 3 is 2.74 bits per heavy atom. The Balaban J connectivity index is 1.72. The average molecular weight is 267 g/mol. The van der Waals surface area contributed by atoms with E-state index >= 15 is 0 Å². The maximum Gasteiger partial charge on any atom is 0.175 e. The predicted octanol–water partition coefficient (Wildman–Crippen LogP) is 3.17. The number of aromatic amines is 1. The smallest absolute Gasteiger partial charge is 0.175 e. The molecule has 0 amide bonds. The fraction of sp³-hybridized carbons (Fsp3) is 0. The van der Waals surface area contributed by atoms with Crippen LogP contribution in [0.1, 0.15) is 0 Å². The molecular weight excluding hydrogens is 256 g/mol. The highest BCUT2D eigenvalue weighted by atomic mass is 32.1. The molecule has 1 aromatic heterocycles. The van der Waals surface area contributed by atoms with E-state index in [4.69, 9.17) is 12.2 Å². The summed E-state index contributed by atoms with van der Waals surface area (Å²) in [6.07, 6.45) is 1.78. The molecule has 1 heterocycles. The van der Waals surface area contributed by atoms with Crippen LogP contribution in [0.4, 0.5) is 11.4 Å². The first kappa shape index (κ1) is 11.7. The topological polar surface area (TPSA) is 52.7 Å². The third-order valence-electron chi connectivity index (χ3n) is 2.67.